The molecule has 0 fully saturated rings. The SMILES string of the molecule is COc1cc(N(CC(=O)N2c3ccccc3CC2C)C(C)=O)cc(OC)c1OC. The Bertz CT molecular complexity index is 902. The summed E-state index contributed by atoms with van der Waals surface area (Å²) in [5, 5.41) is 0. The van der Waals surface area contributed by atoms with Crippen LogP contribution in [0.1, 0.15) is 19.4 Å². The van der Waals surface area contributed by atoms with E-state index in [-0.39, 0.29) is 24.4 Å². The Kier molecular flexibility index (Phi) is 5.96. The zero-order chi connectivity index (χ0) is 21.1. The van der Waals surface area contributed by atoms with Crippen LogP contribution in [0.5, 0.6) is 17.2 Å². The van der Waals surface area contributed by atoms with Crippen molar-refractivity contribution in [3.8, 4) is 17.2 Å². The van der Waals surface area contributed by atoms with Crippen molar-refractivity contribution in [3.63, 3.8) is 0 Å². The van der Waals surface area contributed by atoms with Gasteiger partial charge in [0.15, 0.2) is 11.5 Å². The molecule has 0 spiro atoms. The molecule has 0 saturated heterocycles. The summed E-state index contributed by atoms with van der Waals surface area (Å²) in [6.07, 6.45) is 0.798. The van der Waals surface area contributed by atoms with Gasteiger partial charge in [0.05, 0.1) is 27.0 Å². The van der Waals surface area contributed by atoms with Crippen molar-refractivity contribution in [3.05, 3.63) is 42.0 Å². The van der Waals surface area contributed by atoms with E-state index in [2.05, 4.69) is 0 Å². The number of benzene rings is 2. The standard InChI is InChI=1S/C22H26N2O5/c1-14-10-16-8-6-7-9-18(16)24(14)21(26)13-23(15(2)25)17-11-19(27-3)22(29-5)20(12-17)28-4/h6-9,11-12,14H,10,13H2,1-5H3. The van der Waals surface area contributed by atoms with Gasteiger partial charge in [-0.3, -0.25) is 9.59 Å². The second-order valence-electron chi connectivity index (χ2n) is 6.93. The number of carbonyl (C=O) groups is 2. The summed E-state index contributed by atoms with van der Waals surface area (Å²) in [5.74, 6) is 0.857. The van der Waals surface area contributed by atoms with E-state index in [1.807, 2.05) is 31.2 Å². The largest absolute Gasteiger partial charge is 0.493 e. The van der Waals surface area contributed by atoms with Crippen molar-refractivity contribution in [1.82, 2.24) is 0 Å². The highest BCUT2D eigenvalue weighted by Crippen LogP contribution is 2.41. The third kappa shape index (κ3) is 3.85. The molecule has 0 N–H and O–H groups in total. The summed E-state index contributed by atoms with van der Waals surface area (Å²) in [5.41, 5.74) is 2.54. The maximum atomic E-state index is 13.2. The monoisotopic (exact) mass is 398 g/mol. The van der Waals surface area contributed by atoms with Crippen LogP contribution in [0.2, 0.25) is 0 Å². The van der Waals surface area contributed by atoms with E-state index in [1.54, 1.807) is 17.0 Å². The Labute approximate surface area is 170 Å². The van der Waals surface area contributed by atoms with Crippen LogP contribution in [-0.2, 0) is 16.0 Å². The fraction of sp³-hybridized carbons (Fsp3) is 0.364. The zero-order valence-corrected chi connectivity index (χ0v) is 17.4. The molecule has 2 aromatic rings. The molecule has 0 radical (unpaired) electrons. The number of anilines is 2. The van der Waals surface area contributed by atoms with Gasteiger partial charge >= 0.3 is 0 Å². The molecule has 0 saturated carbocycles. The second kappa shape index (κ2) is 8.43. The molecule has 0 aliphatic carbocycles. The molecule has 29 heavy (non-hydrogen) atoms. The molecular formula is C22H26N2O5. The van der Waals surface area contributed by atoms with Gasteiger partial charge in [0.1, 0.15) is 6.54 Å². The van der Waals surface area contributed by atoms with E-state index in [1.165, 1.54) is 33.2 Å². The van der Waals surface area contributed by atoms with E-state index in [0.29, 0.717) is 22.9 Å². The number of amides is 2. The summed E-state index contributed by atoms with van der Waals surface area (Å²) in [6.45, 7) is 3.35. The first-order chi connectivity index (χ1) is 13.9. The lowest BCUT2D eigenvalue weighted by Gasteiger charge is -2.28. The summed E-state index contributed by atoms with van der Waals surface area (Å²) in [7, 11) is 4.53. The first-order valence-electron chi connectivity index (χ1n) is 9.39. The van der Waals surface area contributed by atoms with E-state index in [9.17, 15) is 9.59 Å². The Hall–Kier alpha value is -3.22. The van der Waals surface area contributed by atoms with Crippen molar-refractivity contribution in [2.45, 2.75) is 26.3 Å². The van der Waals surface area contributed by atoms with Gasteiger partial charge in [0.25, 0.3) is 0 Å². The maximum absolute atomic E-state index is 13.2. The maximum Gasteiger partial charge on any atom is 0.247 e. The Morgan fingerprint density at radius 3 is 2.24 bits per heavy atom. The molecule has 2 amide bonds. The molecular weight excluding hydrogens is 372 g/mol. The topological polar surface area (TPSA) is 68.3 Å². The summed E-state index contributed by atoms with van der Waals surface area (Å²) in [6, 6.07) is 11.2. The minimum atomic E-state index is -0.257. The number of para-hydroxylation sites is 1. The van der Waals surface area contributed by atoms with Crippen molar-refractivity contribution >= 4 is 23.2 Å². The number of nitrogens with zero attached hydrogens (tertiary/aromatic N) is 2. The fourth-order valence-electron chi connectivity index (χ4n) is 3.76. The molecule has 1 atom stereocenters. The number of hydrogen-bond donors (Lipinski definition) is 0. The number of ether oxygens (including phenoxy) is 3. The Morgan fingerprint density at radius 1 is 1.07 bits per heavy atom. The molecule has 7 nitrogen and oxygen atoms in total. The molecule has 1 aliphatic rings. The lowest BCUT2D eigenvalue weighted by molar-refractivity contribution is -0.121. The van der Waals surface area contributed by atoms with Crippen LogP contribution in [0.4, 0.5) is 11.4 Å². The lowest BCUT2D eigenvalue weighted by atomic mass is 10.1. The Morgan fingerprint density at radius 2 is 1.69 bits per heavy atom. The van der Waals surface area contributed by atoms with Gasteiger partial charge in [-0.1, -0.05) is 18.2 Å². The highest BCUT2D eigenvalue weighted by atomic mass is 16.5. The number of methoxy groups -OCH3 is 3. The lowest BCUT2D eigenvalue weighted by Crippen LogP contribution is -2.44. The summed E-state index contributed by atoms with van der Waals surface area (Å²) < 4.78 is 16.1. The average Bonchev–Trinajstić information content (AvgIpc) is 3.06. The highest BCUT2D eigenvalue weighted by molar-refractivity contribution is 6.04. The normalized spacial score (nSPS) is 14.9. The summed E-state index contributed by atoms with van der Waals surface area (Å²) in [4.78, 5) is 28.8. The summed E-state index contributed by atoms with van der Waals surface area (Å²) >= 11 is 0. The quantitative estimate of drug-likeness (QED) is 0.748. The third-order valence-electron chi connectivity index (χ3n) is 5.11. The van der Waals surface area contributed by atoms with Crippen molar-refractivity contribution in [1.29, 1.82) is 0 Å². The van der Waals surface area contributed by atoms with Gasteiger partial charge < -0.3 is 24.0 Å². The van der Waals surface area contributed by atoms with E-state index in [4.69, 9.17) is 14.2 Å². The van der Waals surface area contributed by atoms with Crippen LogP contribution in [-0.4, -0.2) is 45.7 Å². The predicted octanol–water partition coefficient (Wildman–Crippen LogP) is 3.04. The number of fused-ring (bicyclic) bond motifs is 1. The molecule has 3 rings (SSSR count). The molecule has 1 heterocycles. The van der Waals surface area contributed by atoms with Crippen LogP contribution in [0.15, 0.2) is 36.4 Å². The van der Waals surface area contributed by atoms with Crippen molar-refractivity contribution < 1.29 is 23.8 Å². The predicted molar refractivity (Wildman–Crippen MR) is 111 cm³/mol. The molecule has 2 aromatic carbocycles. The number of carbonyl (C=O) groups excluding carboxylic acids is 2. The minimum Gasteiger partial charge on any atom is -0.493 e. The van der Waals surface area contributed by atoms with E-state index < -0.39 is 0 Å². The Balaban J connectivity index is 1.94. The van der Waals surface area contributed by atoms with Crippen LogP contribution in [0.25, 0.3) is 0 Å². The van der Waals surface area contributed by atoms with E-state index >= 15 is 0 Å². The van der Waals surface area contributed by atoms with Crippen LogP contribution in [0.3, 0.4) is 0 Å². The number of rotatable bonds is 6. The van der Waals surface area contributed by atoms with Gasteiger partial charge in [-0.25, -0.2) is 0 Å². The van der Waals surface area contributed by atoms with Gasteiger partial charge in [-0.2, -0.15) is 0 Å². The van der Waals surface area contributed by atoms with Crippen molar-refractivity contribution in [2.75, 3.05) is 37.7 Å². The van der Waals surface area contributed by atoms with Gasteiger partial charge in [-0.15, -0.1) is 0 Å². The van der Waals surface area contributed by atoms with Crippen LogP contribution < -0.4 is 24.0 Å². The highest BCUT2D eigenvalue weighted by Gasteiger charge is 2.32. The van der Waals surface area contributed by atoms with Gasteiger partial charge in [0, 0.05) is 30.8 Å². The smallest absolute Gasteiger partial charge is 0.247 e. The first-order valence-corrected chi connectivity index (χ1v) is 9.39. The molecule has 0 aromatic heterocycles. The molecule has 1 unspecified atom stereocenters. The third-order valence-corrected chi connectivity index (χ3v) is 5.11. The average molecular weight is 398 g/mol. The minimum absolute atomic E-state index is 0.0358. The second-order valence-corrected chi connectivity index (χ2v) is 6.93. The molecule has 7 heteroatoms. The first kappa shape index (κ1) is 20.5. The van der Waals surface area contributed by atoms with Crippen LogP contribution in [0, 0.1) is 0 Å². The molecule has 0 bridgehead atoms. The van der Waals surface area contributed by atoms with Gasteiger partial charge in [-0.05, 0) is 25.0 Å². The van der Waals surface area contributed by atoms with Gasteiger partial charge in [0.2, 0.25) is 17.6 Å². The molecule has 154 valence electrons. The number of hydrogen-bond acceptors (Lipinski definition) is 5. The van der Waals surface area contributed by atoms with Crippen molar-refractivity contribution in [2.24, 2.45) is 0 Å². The zero-order valence-electron chi connectivity index (χ0n) is 17.4. The van der Waals surface area contributed by atoms with Crippen LogP contribution >= 0.6 is 0 Å². The fourth-order valence-corrected chi connectivity index (χ4v) is 3.76. The van der Waals surface area contributed by atoms with E-state index in [0.717, 1.165) is 17.7 Å². The molecule has 1 aliphatic heterocycles.